The van der Waals surface area contributed by atoms with Gasteiger partial charge in [-0.1, -0.05) is 24.3 Å². The summed E-state index contributed by atoms with van der Waals surface area (Å²) in [4.78, 5) is 4.06. The third kappa shape index (κ3) is 2.19. The van der Waals surface area contributed by atoms with Crippen LogP contribution < -0.4 is 5.73 Å². The molecule has 1 aromatic heterocycles. The normalized spacial score (nSPS) is 10.4. The van der Waals surface area contributed by atoms with Gasteiger partial charge < -0.3 is 5.73 Å². The molecular weight excluding hydrogens is 203 g/mol. The van der Waals surface area contributed by atoms with Crippen LogP contribution in [0.1, 0.15) is 16.7 Å². The van der Waals surface area contributed by atoms with Crippen molar-refractivity contribution >= 4 is 5.82 Å². The minimum atomic E-state index is -0.205. The van der Waals surface area contributed by atoms with E-state index in [4.69, 9.17) is 5.73 Å². The van der Waals surface area contributed by atoms with E-state index >= 15 is 0 Å². The molecule has 0 radical (unpaired) electrons. The van der Waals surface area contributed by atoms with Crippen LogP contribution >= 0.6 is 0 Å². The number of hydrogen-bond acceptors (Lipinski definition) is 2. The molecule has 0 atom stereocenters. The zero-order valence-electron chi connectivity index (χ0n) is 9.07. The van der Waals surface area contributed by atoms with Crippen LogP contribution in [0.2, 0.25) is 0 Å². The predicted octanol–water partition coefficient (Wildman–Crippen LogP) is 2.70. The van der Waals surface area contributed by atoms with Gasteiger partial charge in [0.1, 0.15) is 11.6 Å². The van der Waals surface area contributed by atoms with E-state index in [9.17, 15) is 4.39 Å². The highest BCUT2D eigenvalue weighted by Crippen LogP contribution is 2.17. The van der Waals surface area contributed by atoms with Crippen molar-refractivity contribution in [2.24, 2.45) is 0 Å². The summed E-state index contributed by atoms with van der Waals surface area (Å²) >= 11 is 0. The number of nitrogens with zero attached hydrogens (tertiary/aromatic N) is 1. The molecule has 0 spiro atoms. The van der Waals surface area contributed by atoms with Gasteiger partial charge in [-0.05, 0) is 29.7 Å². The van der Waals surface area contributed by atoms with Gasteiger partial charge in [0.15, 0.2) is 0 Å². The molecule has 0 fully saturated rings. The van der Waals surface area contributed by atoms with Gasteiger partial charge >= 0.3 is 0 Å². The first kappa shape index (κ1) is 10.6. The fourth-order valence-electron chi connectivity index (χ4n) is 1.63. The highest BCUT2D eigenvalue weighted by atomic mass is 19.1. The van der Waals surface area contributed by atoms with E-state index in [-0.39, 0.29) is 5.82 Å². The Hall–Kier alpha value is -1.90. The van der Waals surface area contributed by atoms with E-state index in [0.29, 0.717) is 17.8 Å². The van der Waals surface area contributed by atoms with E-state index in [1.54, 1.807) is 18.3 Å². The van der Waals surface area contributed by atoms with E-state index in [1.807, 2.05) is 19.1 Å². The second-order valence-corrected chi connectivity index (χ2v) is 3.83. The Labute approximate surface area is 93.9 Å². The summed E-state index contributed by atoms with van der Waals surface area (Å²) in [5.74, 6) is 0.261. The third-order valence-electron chi connectivity index (χ3n) is 2.48. The predicted molar refractivity (Wildman–Crippen MR) is 62.6 cm³/mol. The summed E-state index contributed by atoms with van der Waals surface area (Å²) in [5.41, 5.74) is 8.29. The van der Waals surface area contributed by atoms with E-state index in [0.717, 1.165) is 11.1 Å². The van der Waals surface area contributed by atoms with Crippen molar-refractivity contribution in [1.29, 1.82) is 0 Å². The highest BCUT2D eigenvalue weighted by Gasteiger charge is 2.06. The van der Waals surface area contributed by atoms with Crippen molar-refractivity contribution in [2.45, 2.75) is 13.3 Å². The third-order valence-corrected chi connectivity index (χ3v) is 2.48. The highest BCUT2D eigenvalue weighted by molar-refractivity contribution is 5.43. The molecule has 0 aliphatic carbocycles. The number of aromatic nitrogens is 1. The van der Waals surface area contributed by atoms with Crippen molar-refractivity contribution in [3.8, 4) is 0 Å². The summed E-state index contributed by atoms with van der Waals surface area (Å²) in [7, 11) is 0. The molecule has 0 unspecified atom stereocenters. The van der Waals surface area contributed by atoms with Gasteiger partial charge in [0.25, 0.3) is 0 Å². The molecular formula is C13H13FN2. The lowest BCUT2D eigenvalue weighted by Crippen LogP contribution is -2.00. The average molecular weight is 216 g/mol. The van der Waals surface area contributed by atoms with Crippen LogP contribution in [-0.4, -0.2) is 4.98 Å². The lowest BCUT2D eigenvalue weighted by Gasteiger charge is -2.06. The van der Waals surface area contributed by atoms with Gasteiger partial charge in [0.05, 0.1) is 0 Å². The van der Waals surface area contributed by atoms with Crippen molar-refractivity contribution < 1.29 is 4.39 Å². The Morgan fingerprint density at radius 2 is 2.00 bits per heavy atom. The Morgan fingerprint density at radius 1 is 1.25 bits per heavy atom. The number of nitrogens with two attached hydrogens (primary N) is 1. The van der Waals surface area contributed by atoms with E-state index < -0.39 is 0 Å². The molecule has 1 heterocycles. The quantitative estimate of drug-likeness (QED) is 0.838. The monoisotopic (exact) mass is 216 g/mol. The molecule has 82 valence electrons. The van der Waals surface area contributed by atoms with E-state index in [1.165, 1.54) is 6.07 Å². The lowest BCUT2D eigenvalue weighted by molar-refractivity contribution is 0.614. The zero-order chi connectivity index (χ0) is 11.5. The molecule has 1 aromatic carbocycles. The number of pyridine rings is 1. The fourth-order valence-corrected chi connectivity index (χ4v) is 1.63. The van der Waals surface area contributed by atoms with Crippen LogP contribution in [0.4, 0.5) is 10.2 Å². The van der Waals surface area contributed by atoms with Crippen LogP contribution in [0.15, 0.2) is 36.5 Å². The van der Waals surface area contributed by atoms with E-state index in [2.05, 4.69) is 4.98 Å². The summed E-state index contributed by atoms with van der Waals surface area (Å²) in [6.45, 7) is 1.94. The minimum Gasteiger partial charge on any atom is -0.383 e. The van der Waals surface area contributed by atoms with Gasteiger partial charge in [-0.2, -0.15) is 0 Å². The van der Waals surface area contributed by atoms with Crippen LogP contribution in [-0.2, 0) is 6.42 Å². The summed E-state index contributed by atoms with van der Waals surface area (Å²) < 4.78 is 13.4. The number of aryl methyl sites for hydroxylation is 1. The Bertz CT molecular complexity index is 509. The summed E-state index contributed by atoms with van der Waals surface area (Å²) in [5, 5.41) is 0. The summed E-state index contributed by atoms with van der Waals surface area (Å²) in [6, 6.07) is 8.65. The standard InChI is InChI=1S/C13H13FN2/c1-9-6-11(13(15)16-8-9)7-10-4-2-3-5-12(10)14/h2-6,8H,7H2,1H3,(H2,15,16). The molecule has 2 aromatic rings. The first-order chi connectivity index (χ1) is 7.66. The van der Waals surface area contributed by atoms with Crippen molar-refractivity contribution in [3.63, 3.8) is 0 Å². The Kier molecular flexibility index (Phi) is 2.86. The SMILES string of the molecule is Cc1cnc(N)c(Cc2ccccc2F)c1. The number of anilines is 1. The second-order valence-electron chi connectivity index (χ2n) is 3.83. The number of nitrogen functional groups attached to an aromatic ring is 1. The molecule has 0 bridgehead atoms. The molecule has 2 rings (SSSR count). The van der Waals surface area contributed by atoms with Crippen molar-refractivity contribution in [2.75, 3.05) is 5.73 Å². The first-order valence-electron chi connectivity index (χ1n) is 5.11. The van der Waals surface area contributed by atoms with Gasteiger partial charge in [0.2, 0.25) is 0 Å². The molecule has 0 aliphatic heterocycles. The van der Waals surface area contributed by atoms with Gasteiger partial charge in [-0.3, -0.25) is 0 Å². The summed E-state index contributed by atoms with van der Waals surface area (Å²) in [6.07, 6.45) is 2.19. The fraction of sp³-hybridized carbons (Fsp3) is 0.154. The van der Waals surface area contributed by atoms with Crippen LogP contribution in [0.3, 0.4) is 0 Å². The van der Waals surface area contributed by atoms with Crippen molar-refractivity contribution in [1.82, 2.24) is 4.98 Å². The largest absolute Gasteiger partial charge is 0.383 e. The maximum Gasteiger partial charge on any atom is 0.126 e. The molecule has 0 saturated heterocycles. The zero-order valence-corrected chi connectivity index (χ0v) is 9.07. The molecule has 16 heavy (non-hydrogen) atoms. The molecule has 2 N–H and O–H groups in total. The lowest BCUT2D eigenvalue weighted by atomic mass is 10.0. The van der Waals surface area contributed by atoms with Gasteiger partial charge in [-0.15, -0.1) is 0 Å². The Balaban J connectivity index is 2.34. The maximum absolute atomic E-state index is 13.4. The van der Waals surface area contributed by atoms with Gasteiger partial charge in [0, 0.05) is 12.6 Å². The number of rotatable bonds is 2. The van der Waals surface area contributed by atoms with Gasteiger partial charge in [-0.25, -0.2) is 9.37 Å². The van der Waals surface area contributed by atoms with Crippen LogP contribution in [0.25, 0.3) is 0 Å². The number of halogens is 1. The maximum atomic E-state index is 13.4. The number of benzene rings is 1. The van der Waals surface area contributed by atoms with Crippen LogP contribution in [0.5, 0.6) is 0 Å². The molecule has 3 heteroatoms. The Morgan fingerprint density at radius 3 is 2.75 bits per heavy atom. The minimum absolute atomic E-state index is 0.205. The van der Waals surface area contributed by atoms with Crippen molar-refractivity contribution in [3.05, 3.63) is 59.0 Å². The van der Waals surface area contributed by atoms with Crippen LogP contribution in [0, 0.1) is 12.7 Å². The molecule has 0 aliphatic rings. The number of hydrogen-bond donors (Lipinski definition) is 1. The average Bonchev–Trinajstić information content (AvgIpc) is 2.27. The smallest absolute Gasteiger partial charge is 0.126 e. The molecule has 0 amide bonds. The molecule has 2 nitrogen and oxygen atoms in total. The first-order valence-corrected chi connectivity index (χ1v) is 5.11. The topological polar surface area (TPSA) is 38.9 Å². The second kappa shape index (κ2) is 4.31. The molecule has 0 saturated carbocycles.